The Morgan fingerprint density at radius 3 is 2.82 bits per heavy atom. The lowest BCUT2D eigenvalue weighted by Crippen LogP contribution is -2.61. The lowest BCUT2D eigenvalue weighted by Gasteiger charge is -2.50. The first-order chi connectivity index (χ1) is 5.29. The van der Waals surface area contributed by atoms with Gasteiger partial charge in [-0.1, -0.05) is 6.92 Å². The lowest BCUT2D eigenvalue weighted by molar-refractivity contribution is -0.0550. The van der Waals surface area contributed by atoms with Crippen molar-refractivity contribution in [1.29, 1.82) is 0 Å². The maximum absolute atomic E-state index is 5.28. The zero-order valence-corrected chi connectivity index (χ0v) is 7.47. The predicted molar refractivity (Wildman–Crippen MR) is 44.6 cm³/mol. The van der Waals surface area contributed by atoms with Crippen molar-refractivity contribution in [2.45, 2.75) is 25.3 Å². The Hall–Kier alpha value is -0.0800. The van der Waals surface area contributed by atoms with Crippen molar-refractivity contribution >= 4 is 0 Å². The van der Waals surface area contributed by atoms with Crippen LogP contribution in [-0.4, -0.2) is 37.2 Å². The number of rotatable bonds is 2. The van der Waals surface area contributed by atoms with Gasteiger partial charge in [-0.3, -0.25) is 4.90 Å². The molecule has 0 amide bonds. The molecule has 0 spiro atoms. The van der Waals surface area contributed by atoms with Gasteiger partial charge in [0.05, 0.1) is 6.61 Å². The maximum Gasteiger partial charge on any atom is 0.0649 e. The minimum absolute atomic E-state index is 0.453. The highest BCUT2D eigenvalue weighted by molar-refractivity contribution is 5.07. The van der Waals surface area contributed by atoms with Gasteiger partial charge in [-0.2, -0.15) is 0 Å². The van der Waals surface area contributed by atoms with Gasteiger partial charge in [-0.15, -0.1) is 0 Å². The molecule has 64 valence electrons. The van der Waals surface area contributed by atoms with E-state index in [1.807, 2.05) is 7.11 Å². The van der Waals surface area contributed by atoms with Crippen molar-refractivity contribution in [3.8, 4) is 0 Å². The van der Waals surface area contributed by atoms with Crippen LogP contribution in [0.15, 0.2) is 0 Å². The highest BCUT2D eigenvalue weighted by Crippen LogP contribution is 2.44. The number of ether oxygens (including phenoxy) is 1. The number of methoxy groups -OCH3 is 1. The van der Waals surface area contributed by atoms with E-state index in [0.29, 0.717) is 5.54 Å². The van der Waals surface area contributed by atoms with Crippen LogP contribution >= 0.6 is 0 Å². The summed E-state index contributed by atoms with van der Waals surface area (Å²) < 4.78 is 5.28. The molecule has 2 saturated heterocycles. The SMILES string of the molecule is COC[C@]12CCN1CC[C@@H]2C. The molecule has 0 aromatic rings. The average molecular weight is 155 g/mol. The van der Waals surface area contributed by atoms with Crippen LogP contribution in [0.4, 0.5) is 0 Å². The second-order valence-electron chi connectivity index (χ2n) is 3.96. The quantitative estimate of drug-likeness (QED) is 0.592. The molecule has 11 heavy (non-hydrogen) atoms. The molecular formula is C9H17NO. The van der Waals surface area contributed by atoms with Crippen LogP contribution in [0.2, 0.25) is 0 Å². The number of hydrogen-bond donors (Lipinski definition) is 0. The third-order valence-corrected chi connectivity index (χ3v) is 3.59. The van der Waals surface area contributed by atoms with E-state index < -0.39 is 0 Å². The smallest absolute Gasteiger partial charge is 0.0649 e. The maximum atomic E-state index is 5.28. The van der Waals surface area contributed by atoms with Crippen LogP contribution in [0.3, 0.4) is 0 Å². The molecule has 2 aliphatic heterocycles. The molecule has 2 heteroatoms. The predicted octanol–water partition coefficient (Wildman–Crippen LogP) is 1.12. The van der Waals surface area contributed by atoms with Gasteiger partial charge in [-0.25, -0.2) is 0 Å². The van der Waals surface area contributed by atoms with Crippen LogP contribution in [0.25, 0.3) is 0 Å². The molecule has 0 aliphatic carbocycles. The molecule has 2 heterocycles. The molecule has 2 atom stereocenters. The third-order valence-electron chi connectivity index (χ3n) is 3.59. The second kappa shape index (κ2) is 2.46. The zero-order chi connectivity index (χ0) is 7.90. The normalized spacial score (nSPS) is 43.6. The van der Waals surface area contributed by atoms with Crippen LogP contribution in [-0.2, 0) is 4.74 Å². The van der Waals surface area contributed by atoms with E-state index in [-0.39, 0.29) is 0 Å². The fourth-order valence-corrected chi connectivity index (χ4v) is 2.62. The summed E-state index contributed by atoms with van der Waals surface area (Å²) in [6.07, 6.45) is 2.71. The molecule has 2 rings (SSSR count). The van der Waals surface area contributed by atoms with Gasteiger partial charge < -0.3 is 4.74 Å². The van der Waals surface area contributed by atoms with Gasteiger partial charge >= 0.3 is 0 Å². The van der Waals surface area contributed by atoms with Crippen molar-refractivity contribution in [2.75, 3.05) is 26.8 Å². The van der Waals surface area contributed by atoms with Crippen LogP contribution in [0.5, 0.6) is 0 Å². The van der Waals surface area contributed by atoms with Crippen molar-refractivity contribution in [3.05, 3.63) is 0 Å². The molecule has 0 unspecified atom stereocenters. The van der Waals surface area contributed by atoms with Gasteiger partial charge in [-0.05, 0) is 25.3 Å². The Kier molecular flexibility index (Phi) is 1.69. The third kappa shape index (κ3) is 0.859. The van der Waals surface area contributed by atoms with E-state index >= 15 is 0 Å². The van der Waals surface area contributed by atoms with E-state index in [0.717, 1.165) is 12.5 Å². The zero-order valence-electron chi connectivity index (χ0n) is 7.47. The van der Waals surface area contributed by atoms with E-state index in [9.17, 15) is 0 Å². The first-order valence-corrected chi connectivity index (χ1v) is 4.53. The van der Waals surface area contributed by atoms with Gasteiger partial charge in [0, 0.05) is 19.2 Å². The van der Waals surface area contributed by atoms with E-state index in [2.05, 4.69) is 11.8 Å². The fraction of sp³-hybridized carbons (Fsp3) is 1.00. The molecule has 0 N–H and O–H groups in total. The fourth-order valence-electron chi connectivity index (χ4n) is 2.62. The summed E-state index contributed by atoms with van der Waals surface area (Å²) in [6.45, 7) is 5.89. The Bertz CT molecular complexity index is 152. The van der Waals surface area contributed by atoms with Crippen molar-refractivity contribution in [2.24, 2.45) is 5.92 Å². The van der Waals surface area contributed by atoms with Crippen molar-refractivity contribution in [1.82, 2.24) is 4.90 Å². The molecule has 0 radical (unpaired) electrons. The summed E-state index contributed by atoms with van der Waals surface area (Å²) in [7, 11) is 1.82. The lowest BCUT2D eigenvalue weighted by atomic mass is 9.78. The molecule has 0 saturated carbocycles. The summed E-state index contributed by atoms with van der Waals surface area (Å²) in [6, 6.07) is 0. The molecule has 0 aromatic carbocycles. The van der Waals surface area contributed by atoms with E-state index in [1.54, 1.807) is 0 Å². The minimum Gasteiger partial charge on any atom is -0.383 e. The summed E-state index contributed by atoms with van der Waals surface area (Å²) in [5.41, 5.74) is 0.453. The van der Waals surface area contributed by atoms with Gasteiger partial charge in [0.2, 0.25) is 0 Å². The standard InChI is InChI=1S/C9H17NO/c1-8-3-5-10-6-4-9(8,10)7-11-2/h8H,3-7H2,1-2H3/t8-,9-/m0/s1. The number of fused-ring (bicyclic) bond motifs is 1. The summed E-state index contributed by atoms with van der Waals surface area (Å²) >= 11 is 0. The molecular weight excluding hydrogens is 138 g/mol. The average Bonchev–Trinajstić information content (AvgIpc) is 2.14. The van der Waals surface area contributed by atoms with Crippen LogP contribution in [0.1, 0.15) is 19.8 Å². The monoisotopic (exact) mass is 155 g/mol. The summed E-state index contributed by atoms with van der Waals surface area (Å²) in [4.78, 5) is 2.58. The molecule has 0 aromatic heterocycles. The minimum atomic E-state index is 0.453. The van der Waals surface area contributed by atoms with Gasteiger partial charge in [0.15, 0.2) is 0 Å². The van der Waals surface area contributed by atoms with E-state index in [4.69, 9.17) is 4.74 Å². The summed E-state index contributed by atoms with van der Waals surface area (Å²) in [5, 5.41) is 0. The largest absolute Gasteiger partial charge is 0.383 e. The Labute approximate surface area is 68.5 Å². The Balaban J connectivity index is 2.08. The number of hydrogen-bond acceptors (Lipinski definition) is 2. The van der Waals surface area contributed by atoms with Gasteiger partial charge in [0.25, 0.3) is 0 Å². The molecule has 0 bridgehead atoms. The van der Waals surface area contributed by atoms with Crippen molar-refractivity contribution in [3.63, 3.8) is 0 Å². The molecule has 2 nitrogen and oxygen atoms in total. The molecule has 2 aliphatic rings. The first kappa shape index (κ1) is 7.56. The summed E-state index contributed by atoms with van der Waals surface area (Å²) in [5.74, 6) is 0.844. The van der Waals surface area contributed by atoms with E-state index in [1.165, 1.54) is 25.9 Å². The number of nitrogens with zero attached hydrogens (tertiary/aromatic N) is 1. The van der Waals surface area contributed by atoms with Gasteiger partial charge in [0.1, 0.15) is 0 Å². The second-order valence-corrected chi connectivity index (χ2v) is 3.96. The van der Waals surface area contributed by atoms with Crippen LogP contribution < -0.4 is 0 Å². The Morgan fingerprint density at radius 2 is 2.36 bits per heavy atom. The van der Waals surface area contributed by atoms with Crippen LogP contribution in [0, 0.1) is 5.92 Å². The Morgan fingerprint density at radius 1 is 1.55 bits per heavy atom. The highest BCUT2D eigenvalue weighted by Gasteiger charge is 2.52. The van der Waals surface area contributed by atoms with Crippen molar-refractivity contribution < 1.29 is 4.74 Å². The first-order valence-electron chi connectivity index (χ1n) is 4.53. The topological polar surface area (TPSA) is 12.5 Å². The molecule has 2 fully saturated rings. The highest BCUT2D eigenvalue weighted by atomic mass is 16.5.